The normalized spacial score (nSPS) is 21.6. The molecule has 0 aliphatic carbocycles. The van der Waals surface area contributed by atoms with E-state index in [0.717, 1.165) is 5.92 Å². The van der Waals surface area contributed by atoms with Crippen molar-refractivity contribution >= 4 is 0 Å². The highest BCUT2D eigenvalue weighted by molar-refractivity contribution is 5.28. The van der Waals surface area contributed by atoms with E-state index >= 15 is 0 Å². The van der Waals surface area contributed by atoms with Crippen molar-refractivity contribution in [3.63, 3.8) is 0 Å². The Morgan fingerprint density at radius 3 is 2.04 bits per heavy atom. The van der Waals surface area contributed by atoms with E-state index in [2.05, 4.69) is 91.0 Å². The van der Waals surface area contributed by atoms with E-state index in [1.54, 1.807) is 0 Å². The van der Waals surface area contributed by atoms with Gasteiger partial charge < -0.3 is 5.32 Å². The van der Waals surface area contributed by atoms with E-state index < -0.39 is 0 Å². The van der Waals surface area contributed by atoms with E-state index in [9.17, 15) is 0 Å². The van der Waals surface area contributed by atoms with Gasteiger partial charge in [0.15, 0.2) is 0 Å². The first-order valence-corrected chi connectivity index (χ1v) is 10.7. The Kier molecular flexibility index (Phi) is 6.33. The van der Waals surface area contributed by atoms with E-state index in [1.807, 2.05) is 0 Å². The molecule has 1 aliphatic heterocycles. The topological polar surface area (TPSA) is 12.0 Å². The smallest absolute Gasteiger partial charge is 0.00200 e. The van der Waals surface area contributed by atoms with Gasteiger partial charge in [-0.1, -0.05) is 92.1 Å². The third-order valence-electron chi connectivity index (χ3n) is 8.54. The Balaban J connectivity index is 2.28. The second-order valence-corrected chi connectivity index (χ2v) is 10.9. The van der Waals surface area contributed by atoms with Gasteiger partial charge in [-0.2, -0.15) is 0 Å². The Morgan fingerprint density at radius 2 is 1.54 bits per heavy atom. The number of nitrogens with one attached hydrogen (secondary N) is 1. The number of hydrogen-bond acceptors (Lipinski definition) is 1. The van der Waals surface area contributed by atoms with Crippen LogP contribution < -0.4 is 5.32 Å². The minimum Gasteiger partial charge on any atom is -0.316 e. The van der Waals surface area contributed by atoms with E-state index in [-0.39, 0.29) is 21.7 Å². The fraction of sp³-hybridized carbons (Fsp3) is 0.760. The molecule has 1 aromatic rings. The highest BCUT2D eigenvalue weighted by Gasteiger charge is 2.55. The molecular formula is C25H43N. The lowest BCUT2D eigenvalue weighted by molar-refractivity contribution is -0.0780. The quantitative estimate of drug-likeness (QED) is 0.564. The maximum absolute atomic E-state index is 3.53. The standard InChI is InChI=1S/C25H43N/c1-22(2,3)25(8,17-12-13-20-16-18-26-19-20)24(6,7)23(4,5)21-14-10-9-11-15-21/h9-11,14-15,20,26H,12-13,16-19H2,1-8H3. The summed E-state index contributed by atoms with van der Waals surface area (Å²) in [6.07, 6.45) is 5.39. The van der Waals surface area contributed by atoms with Crippen molar-refractivity contribution in [1.29, 1.82) is 0 Å². The third-order valence-corrected chi connectivity index (χ3v) is 8.54. The van der Waals surface area contributed by atoms with Crippen molar-refractivity contribution in [3.05, 3.63) is 35.9 Å². The van der Waals surface area contributed by atoms with Crippen LogP contribution in [-0.4, -0.2) is 13.1 Å². The second kappa shape index (κ2) is 7.66. The lowest BCUT2D eigenvalue weighted by atomic mass is 9.44. The highest BCUT2D eigenvalue weighted by atomic mass is 14.9. The molecule has 1 saturated heterocycles. The van der Waals surface area contributed by atoms with Gasteiger partial charge in [-0.15, -0.1) is 0 Å². The summed E-state index contributed by atoms with van der Waals surface area (Å²) in [5.74, 6) is 0.893. The van der Waals surface area contributed by atoms with Crippen molar-refractivity contribution < 1.29 is 0 Å². The lowest BCUT2D eigenvalue weighted by Gasteiger charge is -2.60. The van der Waals surface area contributed by atoms with Gasteiger partial charge in [0.2, 0.25) is 0 Å². The van der Waals surface area contributed by atoms with Crippen molar-refractivity contribution in [2.75, 3.05) is 13.1 Å². The Hall–Kier alpha value is -0.820. The summed E-state index contributed by atoms with van der Waals surface area (Å²) in [5, 5.41) is 3.53. The average molecular weight is 358 g/mol. The molecule has 1 aromatic carbocycles. The van der Waals surface area contributed by atoms with Crippen LogP contribution in [0.25, 0.3) is 0 Å². The van der Waals surface area contributed by atoms with Crippen LogP contribution in [0.5, 0.6) is 0 Å². The minimum absolute atomic E-state index is 0.116. The van der Waals surface area contributed by atoms with Crippen LogP contribution in [-0.2, 0) is 5.41 Å². The summed E-state index contributed by atoms with van der Waals surface area (Å²) in [6, 6.07) is 11.1. The van der Waals surface area contributed by atoms with Crippen LogP contribution in [0, 0.1) is 22.2 Å². The van der Waals surface area contributed by atoms with Gasteiger partial charge in [0.25, 0.3) is 0 Å². The Bertz CT molecular complexity index is 558. The van der Waals surface area contributed by atoms with Gasteiger partial charge in [-0.25, -0.2) is 0 Å². The van der Waals surface area contributed by atoms with Crippen LogP contribution >= 0.6 is 0 Å². The zero-order valence-corrected chi connectivity index (χ0v) is 18.7. The van der Waals surface area contributed by atoms with Crippen LogP contribution in [0.3, 0.4) is 0 Å². The van der Waals surface area contributed by atoms with Crippen LogP contribution in [0.4, 0.5) is 0 Å². The number of rotatable bonds is 7. The molecule has 0 saturated carbocycles. The molecular weight excluding hydrogens is 314 g/mol. The van der Waals surface area contributed by atoms with Crippen LogP contribution in [0.15, 0.2) is 30.3 Å². The molecule has 1 nitrogen and oxygen atoms in total. The maximum Gasteiger partial charge on any atom is -0.00200 e. The molecule has 148 valence electrons. The summed E-state index contributed by atoms with van der Waals surface area (Å²) >= 11 is 0. The lowest BCUT2D eigenvalue weighted by Crippen LogP contribution is -2.54. The SMILES string of the molecule is CC(C)(C)C(C)(CCCC1CCNC1)C(C)(C)C(C)(C)c1ccccc1. The van der Waals surface area contributed by atoms with Gasteiger partial charge in [-0.05, 0) is 65.5 Å². The summed E-state index contributed by atoms with van der Waals surface area (Å²) in [7, 11) is 0. The van der Waals surface area contributed by atoms with Crippen molar-refractivity contribution in [2.45, 2.75) is 86.5 Å². The van der Waals surface area contributed by atoms with E-state index in [0.29, 0.717) is 0 Å². The molecule has 0 spiro atoms. The van der Waals surface area contributed by atoms with E-state index in [4.69, 9.17) is 0 Å². The Labute approximate surface area is 163 Å². The largest absolute Gasteiger partial charge is 0.316 e. The predicted octanol–water partition coefficient (Wildman–Crippen LogP) is 6.82. The van der Waals surface area contributed by atoms with Gasteiger partial charge in [0, 0.05) is 0 Å². The second-order valence-electron chi connectivity index (χ2n) is 10.9. The molecule has 2 atom stereocenters. The van der Waals surface area contributed by atoms with Crippen LogP contribution in [0.1, 0.15) is 86.6 Å². The first-order valence-electron chi connectivity index (χ1n) is 10.7. The van der Waals surface area contributed by atoms with Crippen molar-refractivity contribution in [3.8, 4) is 0 Å². The zero-order valence-electron chi connectivity index (χ0n) is 18.7. The molecule has 2 unspecified atom stereocenters. The molecule has 1 heteroatoms. The predicted molar refractivity (Wildman–Crippen MR) is 116 cm³/mol. The zero-order chi connectivity index (χ0) is 19.6. The summed E-state index contributed by atoms with van der Waals surface area (Å²) in [6.45, 7) is 22.3. The summed E-state index contributed by atoms with van der Waals surface area (Å²) in [4.78, 5) is 0. The molecule has 0 bridgehead atoms. The molecule has 1 heterocycles. The maximum atomic E-state index is 3.53. The van der Waals surface area contributed by atoms with Crippen molar-refractivity contribution in [2.24, 2.45) is 22.2 Å². The average Bonchev–Trinajstić information content (AvgIpc) is 3.07. The molecule has 26 heavy (non-hydrogen) atoms. The third kappa shape index (κ3) is 3.88. The molecule has 1 fully saturated rings. The summed E-state index contributed by atoms with van der Waals surface area (Å²) in [5.41, 5.74) is 2.26. The molecule has 0 aromatic heterocycles. The molecule has 1 aliphatic rings. The van der Waals surface area contributed by atoms with Gasteiger partial charge >= 0.3 is 0 Å². The van der Waals surface area contributed by atoms with Gasteiger partial charge in [-0.3, -0.25) is 0 Å². The fourth-order valence-corrected chi connectivity index (χ4v) is 5.24. The van der Waals surface area contributed by atoms with Crippen molar-refractivity contribution in [1.82, 2.24) is 5.32 Å². The highest BCUT2D eigenvalue weighted by Crippen LogP contribution is 2.61. The summed E-state index contributed by atoms with van der Waals surface area (Å²) < 4.78 is 0. The molecule has 0 amide bonds. The van der Waals surface area contributed by atoms with E-state index in [1.165, 1.54) is 44.3 Å². The fourth-order valence-electron chi connectivity index (χ4n) is 5.24. The Morgan fingerprint density at radius 1 is 0.923 bits per heavy atom. The first-order chi connectivity index (χ1) is 11.9. The number of hydrogen-bond donors (Lipinski definition) is 1. The molecule has 2 rings (SSSR count). The van der Waals surface area contributed by atoms with Gasteiger partial charge in [0.1, 0.15) is 0 Å². The molecule has 0 radical (unpaired) electrons. The molecule has 1 N–H and O–H groups in total. The monoisotopic (exact) mass is 357 g/mol. The van der Waals surface area contributed by atoms with Crippen LogP contribution in [0.2, 0.25) is 0 Å². The first kappa shape index (κ1) is 21.5. The van der Waals surface area contributed by atoms with Gasteiger partial charge in [0.05, 0.1) is 0 Å². The minimum atomic E-state index is 0.116. The number of benzene rings is 1.